The molecule has 2 aliphatic heterocycles. The number of hydrogen-bond donors (Lipinski definition) is 2. The highest BCUT2D eigenvalue weighted by atomic mass is 32.2. The van der Waals surface area contributed by atoms with Crippen LogP contribution >= 0.6 is 0 Å². The SMILES string of the molecule is Cc1cc(N=S2(=O)CCCC2)cc2ncnc(Nc3ccc(F)cc3O[C@H]3COC[C@@H]3O)c12. The minimum Gasteiger partial charge on any atom is -0.483 e. The van der Waals surface area contributed by atoms with Gasteiger partial charge in [-0.25, -0.2) is 18.6 Å². The summed E-state index contributed by atoms with van der Waals surface area (Å²) in [6, 6.07) is 7.84. The fourth-order valence-electron chi connectivity index (χ4n) is 4.18. The molecule has 5 rings (SSSR count). The van der Waals surface area contributed by atoms with Gasteiger partial charge in [0.2, 0.25) is 0 Å². The molecule has 2 atom stereocenters. The van der Waals surface area contributed by atoms with Gasteiger partial charge in [0.15, 0.2) is 6.10 Å². The number of aliphatic hydroxyl groups is 1. The van der Waals surface area contributed by atoms with Crippen molar-refractivity contribution in [3.8, 4) is 5.75 Å². The lowest BCUT2D eigenvalue weighted by Crippen LogP contribution is -2.30. The first-order chi connectivity index (χ1) is 15.9. The average molecular weight is 473 g/mol. The molecule has 174 valence electrons. The maximum atomic E-state index is 14.0. The molecule has 2 aliphatic rings. The molecule has 2 aromatic carbocycles. The molecule has 0 radical (unpaired) electrons. The molecular weight excluding hydrogens is 447 g/mol. The first kappa shape index (κ1) is 22.0. The van der Waals surface area contributed by atoms with Crippen molar-refractivity contribution in [2.24, 2.45) is 4.36 Å². The summed E-state index contributed by atoms with van der Waals surface area (Å²) in [6.07, 6.45) is 1.95. The number of hydrogen-bond acceptors (Lipinski definition) is 8. The Morgan fingerprint density at radius 3 is 2.79 bits per heavy atom. The van der Waals surface area contributed by atoms with E-state index >= 15 is 0 Å². The molecule has 0 unspecified atom stereocenters. The Balaban J connectivity index is 1.50. The summed E-state index contributed by atoms with van der Waals surface area (Å²) in [7, 11) is -2.19. The van der Waals surface area contributed by atoms with E-state index in [4.69, 9.17) is 9.47 Å². The van der Waals surface area contributed by atoms with Gasteiger partial charge in [0.25, 0.3) is 0 Å². The zero-order valence-electron chi connectivity index (χ0n) is 18.2. The van der Waals surface area contributed by atoms with Gasteiger partial charge in [0, 0.05) is 23.0 Å². The van der Waals surface area contributed by atoms with E-state index < -0.39 is 27.8 Å². The zero-order chi connectivity index (χ0) is 23.0. The van der Waals surface area contributed by atoms with Crippen LogP contribution in [-0.2, 0) is 14.5 Å². The van der Waals surface area contributed by atoms with Crippen molar-refractivity contribution in [3.05, 3.63) is 48.0 Å². The van der Waals surface area contributed by atoms with Crippen LogP contribution in [0.2, 0.25) is 0 Å². The second kappa shape index (κ2) is 8.85. The third-order valence-corrected chi connectivity index (χ3v) is 8.24. The number of rotatable bonds is 5. The van der Waals surface area contributed by atoms with Crippen molar-refractivity contribution in [2.45, 2.75) is 32.0 Å². The van der Waals surface area contributed by atoms with Crippen molar-refractivity contribution in [1.29, 1.82) is 0 Å². The van der Waals surface area contributed by atoms with Crippen LogP contribution < -0.4 is 10.1 Å². The first-order valence-electron chi connectivity index (χ1n) is 10.9. The summed E-state index contributed by atoms with van der Waals surface area (Å²) in [5.74, 6) is 1.58. The Bertz CT molecular complexity index is 1310. The predicted molar refractivity (Wildman–Crippen MR) is 124 cm³/mol. The van der Waals surface area contributed by atoms with Crippen molar-refractivity contribution in [1.82, 2.24) is 9.97 Å². The maximum absolute atomic E-state index is 14.0. The Hall–Kier alpha value is -2.82. The van der Waals surface area contributed by atoms with Crippen LogP contribution in [-0.4, -0.2) is 56.2 Å². The highest BCUT2D eigenvalue weighted by Crippen LogP contribution is 2.35. The van der Waals surface area contributed by atoms with Gasteiger partial charge in [0.1, 0.15) is 29.8 Å². The predicted octanol–water partition coefficient (Wildman–Crippen LogP) is 3.85. The van der Waals surface area contributed by atoms with Crippen LogP contribution in [0.5, 0.6) is 5.75 Å². The van der Waals surface area contributed by atoms with Crippen LogP contribution in [0.15, 0.2) is 41.0 Å². The number of nitrogens with zero attached hydrogens (tertiary/aromatic N) is 3. The number of aliphatic hydroxyl groups excluding tert-OH is 1. The van der Waals surface area contributed by atoms with Gasteiger partial charge in [0.05, 0.1) is 39.8 Å². The molecule has 0 bridgehead atoms. The molecule has 2 saturated heterocycles. The van der Waals surface area contributed by atoms with Crippen molar-refractivity contribution in [2.75, 3.05) is 30.0 Å². The number of aromatic nitrogens is 2. The second-order valence-electron chi connectivity index (χ2n) is 8.38. The number of benzene rings is 2. The third-order valence-electron chi connectivity index (χ3n) is 5.84. The van der Waals surface area contributed by atoms with Crippen LogP contribution in [0.1, 0.15) is 18.4 Å². The number of aryl methyl sites for hydroxylation is 1. The standard InChI is InChI=1S/C23H25FN4O4S/c1-14-8-16(28-33(30)6-2-3-7-33)10-18-22(14)23(26-13-25-18)27-17-5-4-15(24)9-20(17)32-21-12-31-11-19(21)29/h4-5,8-10,13,19,21,29H,2-3,6-7,11-12H2,1H3,(H,25,26,27)/t19-,21-/m0/s1. The summed E-state index contributed by atoms with van der Waals surface area (Å²) in [5.41, 5.74) is 2.69. The topological polar surface area (TPSA) is 106 Å². The first-order valence-corrected chi connectivity index (χ1v) is 12.7. The molecule has 1 aromatic heterocycles. The Kier molecular flexibility index (Phi) is 5.90. The summed E-state index contributed by atoms with van der Waals surface area (Å²) in [5, 5.41) is 14.0. The minimum atomic E-state index is -2.19. The highest BCUT2D eigenvalue weighted by molar-refractivity contribution is 7.93. The average Bonchev–Trinajstić information content (AvgIpc) is 3.38. The molecule has 2 fully saturated rings. The largest absolute Gasteiger partial charge is 0.483 e. The molecule has 0 aliphatic carbocycles. The number of fused-ring (bicyclic) bond motifs is 1. The van der Waals surface area contributed by atoms with Crippen molar-refractivity contribution < 1.29 is 23.2 Å². The summed E-state index contributed by atoms with van der Waals surface area (Å²) in [4.78, 5) is 8.77. The van der Waals surface area contributed by atoms with E-state index in [1.165, 1.54) is 18.5 Å². The van der Waals surface area contributed by atoms with Gasteiger partial charge in [-0.15, -0.1) is 0 Å². The van der Waals surface area contributed by atoms with E-state index in [-0.39, 0.29) is 19.0 Å². The van der Waals surface area contributed by atoms with Gasteiger partial charge in [-0.1, -0.05) is 0 Å². The van der Waals surface area contributed by atoms with E-state index in [0.29, 0.717) is 34.2 Å². The molecule has 33 heavy (non-hydrogen) atoms. The number of halogens is 1. The summed E-state index contributed by atoms with van der Waals surface area (Å²) < 4.78 is 42.4. The van der Waals surface area contributed by atoms with Crippen LogP contribution in [0, 0.1) is 12.7 Å². The molecule has 10 heteroatoms. The zero-order valence-corrected chi connectivity index (χ0v) is 19.0. The van der Waals surface area contributed by atoms with Gasteiger partial charge >= 0.3 is 0 Å². The number of ether oxygens (including phenoxy) is 2. The van der Waals surface area contributed by atoms with E-state index in [2.05, 4.69) is 19.6 Å². The third kappa shape index (κ3) is 4.64. The van der Waals surface area contributed by atoms with Crippen molar-refractivity contribution >= 4 is 37.8 Å². The number of nitrogens with one attached hydrogen (secondary N) is 1. The molecule has 8 nitrogen and oxygen atoms in total. The van der Waals surface area contributed by atoms with Gasteiger partial charge in [-0.05, 0) is 49.6 Å². The Morgan fingerprint density at radius 2 is 2.03 bits per heavy atom. The molecule has 0 spiro atoms. The van der Waals surface area contributed by atoms with Gasteiger partial charge < -0.3 is 19.9 Å². The Morgan fingerprint density at radius 1 is 1.21 bits per heavy atom. The lowest BCUT2D eigenvalue weighted by Gasteiger charge is -2.19. The smallest absolute Gasteiger partial charge is 0.150 e. The molecule has 3 heterocycles. The van der Waals surface area contributed by atoms with Crippen molar-refractivity contribution in [3.63, 3.8) is 0 Å². The van der Waals surface area contributed by atoms with Crippen LogP contribution in [0.25, 0.3) is 10.9 Å². The summed E-state index contributed by atoms with van der Waals surface area (Å²) >= 11 is 0. The number of anilines is 2. The normalized spacial score (nSPS) is 21.9. The fourth-order valence-corrected chi connectivity index (χ4v) is 6.37. The van der Waals surface area contributed by atoms with Gasteiger partial charge in [-0.2, -0.15) is 4.36 Å². The molecular formula is C23H25FN4O4S. The van der Waals surface area contributed by atoms with E-state index in [1.54, 1.807) is 6.07 Å². The molecule has 3 aromatic rings. The lowest BCUT2D eigenvalue weighted by molar-refractivity contribution is 0.0736. The molecule has 2 N–H and O–H groups in total. The molecule has 0 saturated carbocycles. The van der Waals surface area contributed by atoms with E-state index in [1.807, 2.05) is 19.1 Å². The Labute approximate surface area is 191 Å². The maximum Gasteiger partial charge on any atom is 0.150 e. The lowest BCUT2D eigenvalue weighted by atomic mass is 10.1. The van der Waals surface area contributed by atoms with E-state index in [9.17, 15) is 13.7 Å². The monoisotopic (exact) mass is 472 g/mol. The minimum absolute atomic E-state index is 0.179. The highest BCUT2D eigenvalue weighted by Gasteiger charge is 2.29. The quantitative estimate of drug-likeness (QED) is 0.581. The van der Waals surface area contributed by atoms with Crippen LogP contribution in [0.3, 0.4) is 0 Å². The molecule has 0 amide bonds. The van der Waals surface area contributed by atoms with E-state index in [0.717, 1.165) is 23.8 Å². The van der Waals surface area contributed by atoms with Gasteiger partial charge in [-0.3, -0.25) is 0 Å². The van der Waals surface area contributed by atoms with Crippen LogP contribution in [0.4, 0.5) is 21.6 Å². The second-order valence-corrected chi connectivity index (χ2v) is 10.9. The fraction of sp³-hybridized carbons (Fsp3) is 0.391. The summed E-state index contributed by atoms with van der Waals surface area (Å²) in [6.45, 7) is 2.33.